The second-order valence-corrected chi connectivity index (χ2v) is 6.82. The summed E-state index contributed by atoms with van der Waals surface area (Å²) in [5.74, 6) is 0.204. The van der Waals surface area contributed by atoms with E-state index in [1.54, 1.807) is 24.3 Å². The average Bonchev–Trinajstić information content (AvgIpc) is 3.03. The maximum Gasteiger partial charge on any atom is 0.268 e. The Labute approximate surface area is 155 Å². The van der Waals surface area contributed by atoms with E-state index in [9.17, 15) is 9.18 Å². The van der Waals surface area contributed by atoms with Crippen LogP contribution in [0.2, 0.25) is 5.02 Å². The van der Waals surface area contributed by atoms with Gasteiger partial charge in [-0.15, -0.1) is 0 Å². The predicted molar refractivity (Wildman–Crippen MR) is 99.2 cm³/mol. The number of amides is 1. The lowest BCUT2D eigenvalue weighted by atomic mass is 10.2. The molecule has 3 aromatic rings. The number of carbonyl (C=O) groups excluding carboxylic acids is 1. The van der Waals surface area contributed by atoms with Gasteiger partial charge in [0.05, 0.1) is 17.1 Å². The number of halogens is 2. The molecule has 0 saturated carbocycles. The van der Waals surface area contributed by atoms with Gasteiger partial charge in [0.2, 0.25) is 0 Å². The first-order valence-electron chi connectivity index (χ1n) is 8.58. The molecule has 2 aromatic carbocycles. The molecule has 4 rings (SSSR count). The highest BCUT2D eigenvalue weighted by molar-refractivity contribution is 6.36. The third-order valence-electron chi connectivity index (χ3n) is 4.68. The summed E-state index contributed by atoms with van der Waals surface area (Å²) < 4.78 is 21.3. The Kier molecular flexibility index (Phi) is 4.32. The van der Waals surface area contributed by atoms with Crippen LogP contribution in [-0.2, 0) is 13.1 Å². The van der Waals surface area contributed by atoms with Gasteiger partial charge in [-0.1, -0.05) is 30.7 Å². The highest BCUT2D eigenvalue weighted by Crippen LogP contribution is 2.38. The van der Waals surface area contributed by atoms with Gasteiger partial charge in [0.25, 0.3) is 5.91 Å². The maximum absolute atomic E-state index is 13.3. The molecule has 0 radical (unpaired) electrons. The summed E-state index contributed by atoms with van der Waals surface area (Å²) in [6, 6.07) is 11.6. The molecule has 1 aliphatic rings. The first kappa shape index (κ1) is 16.9. The number of aromatic nitrogens is 1. The van der Waals surface area contributed by atoms with Crippen LogP contribution in [0.3, 0.4) is 0 Å². The summed E-state index contributed by atoms with van der Waals surface area (Å²) in [7, 11) is 0. The summed E-state index contributed by atoms with van der Waals surface area (Å²) in [5.41, 5.74) is 2.09. The molecule has 0 spiro atoms. The third kappa shape index (κ3) is 2.92. The number of rotatable bonds is 4. The molecule has 1 amide bonds. The Balaban J connectivity index is 1.67. The molecule has 0 bridgehead atoms. The number of benzene rings is 2. The van der Waals surface area contributed by atoms with Crippen LogP contribution in [0.1, 0.15) is 29.4 Å². The second-order valence-electron chi connectivity index (χ2n) is 6.41. The van der Waals surface area contributed by atoms with Crippen molar-refractivity contribution in [3.63, 3.8) is 0 Å². The van der Waals surface area contributed by atoms with Crippen molar-refractivity contribution in [2.75, 3.05) is 0 Å². The molecule has 134 valence electrons. The van der Waals surface area contributed by atoms with Crippen molar-refractivity contribution in [3.8, 4) is 5.75 Å². The van der Waals surface area contributed by atoms with Crippen LogP contribution in [0.15, 0.2) is 42.5 Å². The Hall–Kier alpha value is -2.53. The van der Waals surface area contributed by atoms with Crippen molar-refractivity contribution in [2.24, 2.45) is 0 Å². The number of hydrogen-bond acceptors (Lipinski definition) is 2. The number of nitrogens with one attached hydrogen (secondary N) is 1. The summed E-state index contributed by atoms with van der Waals surface area (Å²) in [4.78, 5) is 12.8. The zero-order valence-corrected chi connectivity index (χ0v) is 15.0. The van der Waals surface area contributed by atoms with Gasteiger partial charge < -0.3 is 14.6 Å². The lowest BCUT2D eigenvalue weighted by Gasteiger charge is -2.26. The summed E-state index contributed by atoms with van der Waals surface area (Å²) >= 11 is 6.32. The van der Waals surface area contributed by atoms with Crippen molar-refractivity contribution >= 4 is 28.4 Å². The van der Waals surface area contributed by atoms with Gasteiger partial charge in [0.15, 0.2) is 0 Å². The Morgan fingerprint density at radius 2 is 2.19 bits per heavy atom. The van der Waals surface area contributed by atoms with Gasteiger partial charge in [0.1, 0.15) is 23.4 Å². The zero-order valence-electron chi connectivity index (χ0n) is 14.3. The molecular formula is C20H18ClFN2O2. The normalized spacial score (nSPS) is 15.7. The number of nitrogens with zero attached hydrogens (tertiary/aromatic N) is 1. The molecular weight excluding hydrogens is 355 g/mol. The van der Waals surface area contributed by atoms with Gasteiger partial charge in [-0.05, 0) is 42.3 Å². The molecule has 26 heavy (non-hydrogen) atoms. The molecule has 6 heteroatoms. The molecule has 0 aliphatic carbocycles. The first-order valence-corrected chi connectivity index (χ1v) is 8.95. The molecule has 4 nitrogen and oxygen atoms in total. The van der Waals surface area contributed by atoms with Gasteiger partial charge in [-0.3, -0.25) is 4.79 Å². The Morgan fingerprint density at radius 3 is 2.96 bits per heavy atom. The number of ether oxygens (including phenoxy) is 1. The van der Waals surface area contributed by atoms with Crippen LogP contribution in [0.5, 0.6) is 5.75 Å². The number of carbonyl (C=O) groups is 1. The van der Waals surface area contributed by atoms with Crippen molar-refractivity contribution in [3.05, 3.63) is 64.6 Å². The lowest BCUT2D eigenvalue weighted by Crippen LogP contribution is -2.31. The molecule has 1 atom stereocenters. The Morgan fingerprint density at radius 1 is 1.35 bits per heavy atom. The molecule has 1 N–H and O–H groups in total. The first-order chi connectivity index (χ1) is 12.6. The number of hydrogen-bond donors (Lipinski definition) is 1. The Bertz CT molecular complexity index is 999. The minimum absolute atomic E-state index is 0.00837. The van der Waals surface area contributed by atoms with E-state index in [1.807, 2.05) is 10.6 Å². The summed E-state index contributed by atoms with van der Waals surface area (Å²) in [6.45, 7) is 2.90. The van der Waals surface area contributed by atoms with Crippen molar-refractivity contribution in [2.45, 2.75) is 32.5 Å². The van der Waals surface area contributed by atoms with Gasteiger partial charge in [-0.2, -0.15) is 0 Å². The smallest absolute Gasteiger partial charge is 0.268 e. The fourth-order valence-corrected chi connectivity index (χ4v) is 3.55. The van der Waals surface area contributed by atoms with E-state index in [4.69, 9.17) is 16.3 Å². The molecule has 1 aromatic heterocycles. The second kappa shape index (κ2) is 6.65. The summed E-state index contributed by atoms with van der Waals surface area (Å²) in [6.07, 6.45) is 0.848. The standard InChI is InChI=1S/C20H18ClFN2O2/c1-2-14-11-24-17(9-15-16(21)6-7-18(26-14)19(15)24)20(25)23-10-12-4-3-5-13(22)8-12/h3-9,14H,2,10-11H2,1H3,(H,23,25)/t14-/m1/s1. The van der Waals surface area contributed by atoms with Crippen molar-refractivity contribution in [1.29, 1.82) is 0 Å². The average molecular weight is 373 g/mol. The third-order valence-corrected chi connectivity index (χ3v) is 5.01. The molecule has 0 fully saturated rings. The van der Waals surface area contributed by atoms with E-state index >= 15 is 0 Å². The topological polar surface area (TPSA) is 43.3 Å². The zero-order chi connectivity index (χ0) is 18.3. The van der Waals surface area contributed by atoms with Crippen LogP contribution in [-0.4, -0.2) is 16.6 Å². The van der Waals surface area contributed by atoms with E-state index in [1.165, 1.54) is 12.1 Å². The minimum atomic E-state index is -0.320. The van der Waals surface area contributed by atoms with Crippen LogP contribution in [0.25, 0.3) is 10.9 Å². The van der Waals surface area contributed by atoms with Crippen molar-refractivity contribution in [1.82, 2.24) is 9.88 Å². The van der Waals surface area contributed by atoms with Crippen LogP contribution >= 0.6 is 11.6 Å². The van der Waals surface area contributed by atoms with Crippen LogP contribution < -0.4 is 10.1 Å². The van der Waals surface area contributed by atoms with Crippen molar-refractivity contribution < 1.29 is 13.9 Å². The monoisotopic (exact) mass is 372 g/mol. The van der Waals surface area contributed by atoms with Gasteiger partial charge >= 0.3 is 0 Å². The van der Waals surface area contributed by atoms with E-state index in [0.29, 0.717) is 22.8 Å². The minimum Gasteiger partial charge on any atom is -0.486 e. The predicted octanol–water partition coefficient (Wildman–Crippen LogP) is 4.53. The van der Waals surface area contributed by atoms with Crippen LogP contribution in [0, 0.1) is 5.82 Å². The highest BCUT2D eigenvalue weighted by atomic mass is 35.5. The van der Waals surface area contributed by atoms with E-state index in [-0.39, 0.29) is 24.4 Å². The van der Waals surface area contributed by atoms with E-state index in [2.05, 4.69) is 12.2 Å². The fraction of sp³-hybridized carbons (Fsp3) is 0.250. The SMILES string of the molecule is CC[C@@H]1Cn2c(C(=O)NCc3cccc(F)c3)cc3c(Cl)ccc(c32)O1. The molecule has 0 unspecified atom stereocenters. The quantitative estimate of drug-likeness (QED) is 0.731. The van der Waals surface area contributed by atoms with Gasteiger partial charge in [-0.25, -0.2) is 4.39 Å². The summed E-state index contributed by atoms with van der Waals surface area (Å²) in [5, 5.41) is 4.25. The molecule has 1 aliphatic heterocycles. The highest BCUT2D eigenvalue weighted by Gasteiger charge is 2.26. The van der Waals surface area contributed by atoms with Crippen LogP contribution in [0.4, 0.5) is 4.39 Å². The lowest BCUT2D eigenvalue weighted by molar-refractivity contribution is 0.0935. The van der Waals surface area contributed by atoms with E-state index in [0.717, 1.165) is 23.1 Å². The molecule has 0 saturated heterocycles. The van der Waals surface area contributed by atoms with Gasteiger partial charge in [0, 0.05) is 11.9 Å². The fourth-order valence-electron chi connectivity index (χ4n) is 3.34. The largest absolute Gasteiger partial charge is 0.486 e. The van der Waals surface area contributed by atoms with E-state index < -0.39 is 0 Å². The molecule has 2 heterocycles. The maximum atomic E-state index is 13.3.